The van der Waals surface area contributed by atoms with Crippen molar-refractivity contribution in [3.05, 3.63) is 58.1 Å². The largest absolute Gasteiger partial charge is 0.493 e. The van der Waals surface area contributed by atoms with E-state index >= 15 is 0 Å². The number of ether oxygens (including phenoxy) is 2. The Kier molecular flexibility index (Phi) is 6.13. The molecule has 2 aromatic carbocycles. The fraction of sp³-hybridized carbons (Fsp3) is 0.500. The summed E-state index contributed by atoms with van der Waals surface area (Å²) in [5.41, 5.74) is 3.93. The number of fused-ring (bicyclic) bond motifs is 1. The molecule has 28 heavy (non-hydrogen) atoms. The summed E-state index contributed by atoms with van der Waals surface area (Å²) >= 11 is 6.37. The van der Waals surface area contributed by atoms with Gasteiger partial charge in [0.1, 0.15) is 0 Å². The van der Waals surface area contributed by atoms with Gasteiger partial charge in [-0.15, -0.1) is 0 Å². The summed E-state index contributed by atoms with van der Waals surface area (Å²) in [5.74, 6) is 2.41. The van der Waals surface area contributed by atoms with Crippen LogP contribution in [0.1, 0.15) is 54.8 Å². The highest BCUT2D eigenvalue weighted by atomic mass is 35.5. The third-order valence-corrected chi connectivity index (χ3v) is 6.59. The highest BCUT2D eigenvalue weighted by Crippen LogP contribution is 2.42. The molecule has 1 aliphatic heterocycles. The van der Waals surface area contributed by atoms with E-state index in [1.165, 1.54) is 48.8 Å². The van der Waals surface area contributed by atoms with E-state index in [4.69, 9.17) is 21.1 Å². The number of methoxy groups -OCH3 is 2. The topological polar surface area (TPSA) is 21.7 Å². The van der Waals surface area contributed by atoms with Crippen molar-refractivity contribution in [1.82, 2.24) is 4.90 Å². The minimum absolute atomic E-state index is 0.212. The molecule has 2 aliphatic rings. The maximum Gasteiger partial charge on any atom is 0.161 e. The molecule has 4 heteroatoms. The van der Waals surface area contributed by atoms with Crippen LogP contribution in [0.5, 0.6) is 11.5 Å². The van der Waals surface area contributed by atoms with E-state index < -0.39 is 0 Å². The predicted octanol–water partition coefficient (Wildman–Crippen LogP) is 5.89. The molecule has 0 N–H and O–H groups in total. The van der Waals surface area contributed by atoms with Gasteiger partial charge in [-0.3, -0.25) is 4.90 Å². The first kappa shape index (κ1) is 19.6. The lowest BCUT2D eigenvalue weighted by Gasteiger charge is -2.40. The lowest BCUT2D eigenvalue weighted by molar-refractivity contribution is 0.159. The molecule has 1 saturated carbocycles. The summed E-state index contributed by atoms with van der Waals surface area (Å²) in [5, 5.41) is 0.794. The van der Waals surface area contributed by atoms with Crippen molar-refractivity contribution in [2.75, 3.05) is 27.3 Å². The van der Waals surface area contributed by atoms with E-state index in [-0.39, 0.29) is 6.04 Å². The number of hydrogen-bond acceptors (Lipinski definition) is 3. The van der Waals surface area contributed by atoms with Crippen LogP contribution >= 0.6 is 11.6 Å². The van der Waals surface area contributed by atoms with Crippen LogP contribution < -0.4 is 9.47 Å². The summed E-state index contributed by atoms with van der Waals surface area (Å²) in [6.07, 6.45) is 7.91. The van der Waals surface area contributed by atoms with E-state index in [1.54, 1.807) is 14.2 Å². The van der Waals surface area contributed by atoms with Crippen LogP contribution in [0.15, 0.2) is 36.4 Å². The van der Waals surface area contributed by atoms with Gasteiger partial charge in [0.15, 0.2) is 11.5 Å². The fourth-order valence-electron chi connectivity index (χ4n) is 4.96. The molecule has 0 spiro atoms. The Hall–Kier alpha value is -1.71. The summed E-state index contributed by atoms with van der Waals surface area (Å²) in [6, 6.07) is 12.9. The Morgan fingerprint density at radius 1 is 1.00 bits per heavy atom. The smallest absolute Gasteiger partial charge is 0.161 e. The van der Waals surface area contributed by atoms with Gasteiger partial charge in [0.05, 0.1) is 20.3 Å². The number of hydrogen-bond donors (Lipinski definition) is 0. The Morgan fingerprint density at radius 3 is 2.46 bits per heavy atom. The van der Waals surface area contributed by atoms with Crippen LogP contribution in [0.3, 0.4) is 0 Å². The molecule has 0 saturated heterocycles. The molecule has 1 heterocycles. The van der Waals surface area contributed by atoms with Crippen LogP contribution in [-0.4, -0.2) is 32.2 Å². The van der Waals surface area contributed by atoms with Crippen LogP contribution in [-0.2, 0) is 6.42 Å². The third-order valence-electron chi connectivity index (χ3n) is 6.36. The van der Waals surface area contributed by atoms with E-state index in [9.17, 15) is 0 Å². The lowest BCUT2D eigenvalue weighted by atomic mass is 9.84. The van der Waals surface area contributed by atoms with Gasteiger partial charge in [0, 0.05) is 18.1 Å². The van der Waals surface area contributed by atoms with Crippen molar-refractivity contribution < 1.29 is 9.47 Å². The maximum atomic E-state index is 6.37. The zero-order valence-corrected chi connectivity index (χ0v) is 17.7. The van der Waals surface area contributed by atoms with Crippen LogP contribution in [0.2, 0.25) is 5.02 Å². The summed E-state index contributed by atoms with van der Waals surface area (Å²) in [6.45, 7) is 2.22. The minimum atomic E-state index is 0.212. The summed E-state index contributed by atoms with van der Waals surface area (Å²) in [4.78, 5) is 2.66. The standard InChI is InChI=1S/C24H30ClNO2/c1-27-22-14-18-11-12-26(16-17-7-4-3-5-8-17)24(21(18)15-23(22)28-2)19-9-6-10-20(25)13-19/h6,9-10,13-15,17,24H,3-5,7-8,11-12,16H2,1-2H3/t24-/m0/s1. The third kappa shape index (κ3) is 4.01. The first-order chi connectivity index (χ1) is 13.7. The van der Waals surface area contributed by atoms with Gasteiger partial charge >= 0.3 is 0 Å². The number of nitrogens with zero attached hydrogens (tertiary/aromatic N) is 1. The molecule has 0 amide bonds. The Balaban J connectivity index is 1.74. The van der Waals surface area contributed by atoms with Gasteiger partial charge in [-0.25, -0.2) is 0 Å². The quantitative estimate of drug-likeness (QED) is 0.626. The average molecular weight is 400 g/mol. The number of halogens is 1. The van der Waals surface area contributed by atoms with E-state index in [0.717, 1.165) is 41.9 Å². The molecule has 1 fully saturated rings. The van der Waals surface area contributed by atoms with Crippen LogP contribution in [0.25, 0.3) is 0 Å². The number of rotatable bonds is 5. The van der Waals surface area contributed by atoms with Crippen molar-refractivity contribution in [2.45, 2.75) is 44.6 Å². The summed E-state index contributed by atoms with van der Waals surface area (Å²) in [7, 11) is 3.41. The molecule has 1 aliphatic carbocycles. The van der Waals surface area contributed by atoms with Crippen LogP contribution in [0.4, 0.5) is 0 Å². The molecule has 0 radical (unpaired) electrons. The van der Waals surface area contributed by atoms with Gasteiger partial charge in [-0.2, -0.15) is 0 Å². The van der Waals surface area contributed by atoms with Gasteiger partial charge in [-0.1, -0.05) is 43.0 Å². The van der Waals surface area contributed by atoms with E-state index in [2.05, 4.69) is 35.2 Å². The van der Waals surface area contributed by atoms with Crippen molar-refractivity contribution in [3.8, 4) is 11.5 Å². The fourth-order valence-corrected chi connectivity index (χ4v) is 5.16. The van der Waals surface area contributed by atoms with Gasteiger partial charge in [0.25, 0.3) is 0 Å². The molecule has 2 aromatic rings. The van der Waals surface area contributed by atoms with Crippen molar-refractivity contribution in [3.63, 3.8) is 0 Å². The molecule has 1 atom stereocenters. The molecule has 3 nitrogen and oxygen atoms in total. The zero-order chi connectivity index (χ0) is 19.5. The molecule has 4 rings (SSSR count). The Bertz CT molecular complexity index is 816. The van der Waals surface area contributed by atoms with E-state index in [0.29, 0.717) is 0 Å². The lowest BCUT2D eigenvalue weighted by Crippen LogP contribution is -2.39. The minimum Gasteiger partial charge on any atom is -0.493 e. The highest BCUT2D eigenvalue weighted by molar-refractivity contribution is 6.30. The van der Waals surface area contributed by atoms with Gasteiger partial charge in [-0.05, 0) is 66.1 Å². The Morgan fingerprint density at radius 2 is 1.75 bits per heavy atom. The van der Waals surface area contributed by atoms with Crippen molar-refractivity contribution in [2.24, 2.45) is 5.92 Å². The average Bonchev–Trinajstić information content (AvgIpc) is 2.73. The second-order valence-electron chi connectivity index (χ2n) is 8.11. The first-order valence-corrected chi connectivity index (χ1v) is 10.8. The van der Waals surface area contributed by atoms with Gasteiger partial charge in [0.2, 0.25) is 0 Å². The normalized spacial score (nSPS) is 20.6. The highest BCUT2D eigenvalue weighted by Gasteiger charge is 2.32. The van der Waals surface area contributed by atoms with Crippen molar-refractivity contribution >= 4 is 11.6 Å². The second-order valence-corrected chi connectivity index (χ2v) is 8.55. The molecule has 0 bridgehead atoms. The van der Waals surface area contributed by atoms with Crippen molar-refractivity contribution in [1.29, 1.82) is 0 Å². The summed E-state index contributed by atoms with van der Waals surface area (Å²) < 4.78 is 11.2. The van der Waals surface area contributed by atoms with Crippen LogP contribution in [0, 0.1) is 5.92 Å². The maximum absolute atomic E-state index is 6.37. The predicted molar refractivity (Wildman–Crippen MR) is 115 cm³/mol. The second kappa shape index (κ2) is 8.75. The van der Waals surface area contributed by atoms with E-state index in [1.807, 2.05) is 6.07 Å². The zero-order valence-electron chi connectivity index (χ0n) is 16.9. The molecular formula is C24H30ClNO2. The van der Waals surface area contributed by atoms with Gasteiger partial charge < -0.3 is 9.47 Å². The molecule has 0 unspecified atom stereocenters. The molecular weight excluding hydrogens is 370 g/mol. The number of benzene rings is 2. The Labute approximate surface area is 173 Å². The monoisotopic (exact) mass is 399 g/mol. The molecule has 0 aromatic heterocycles. The SMILES string of the molecule is COc1cc2c(cc1OC)[C@H](c1cccc(Cl)c1)N(CC1CCCCC1)CC2. The molecule has 150 valence electrons. The first-order valence-electron chi connectivity index (χ1n) is 10.4.